The van der Waals surface area contributed by atoms with Gasteiger partial charge >= 0.3 is 0 Å². The van der Waals surface area contributed by atoms with E-state index in [1.165, 1.54) is 12.1 Å². The van der Waals surface area contributed by atoms with Gasteiger partial charge in [-0.2, -0.15) is 0 Å². The summed E-state index contributed by atoms with van der Waals surface area (Å²) in [6, 6.07) is 6.07. The van der Waals surface area contributed by atoms with E-state index in [9.17, 15) is 18.8 Å². The van der Waals surface area contributed by atoms with Gasteiger partial charge in [-0.15, -0.1) is 0 Å². The number of likely N-dealkylation sites (tertiary alicyclic amines) is 1. The van der Waals surface area contributed by atoms with Gasteiger partial charge < -0.3 is 10.1 Å². The molecule has 1 aromatic rings. The first-order chi connectivity index (χ1) is 12.5. The molecule has 2 fully saturated rings. The summed E-state index contributed by atoms with van der Waals surface area (Å²) in [6.45, 7) is 2.67. The molecule has 0 aromatic heterocycles. The largest absolute Gasteiger partial charge is 0.379 e. The van der Waals surface area contributed by atoms with E-state index in [4.69, 9.17) is 4.74 Å². The molecular weight excluding hydrogens is 341 g/mol. The van der Waals surface area contributed by atoms with Crippen molar-refractivity contribution in [2.45, 2.75) is 18.9 Å². The molecule has 1 N–H and O–H groups in total. The Morgan fingerprint density at radius 2 is 1.73 bits per heavy atom. The van der Waals surface area contributed by atoms with Crippen LogP contribution in [0, 0.1) is 5.82 Å². The minimum absolute atomic E-state index is 0.131. The van der Waals surface area contributed by atoms with E-state index in [0.717, 1.165) is 10.5 Å². The molecule has 7 nitrogen and oxygen atoms in total. The van der Waals surface area contributed by atoms with Crippen molar-refractivity contribution in [1.29, 1.82) is 0 Å². The van der Waals surface area contributed by atoms with Crippen molar-refractivity contribution in [3.63, 3.8) is 0 Å². The fraction of sp³-hybridized carbons (Fsp3) is 0.500. The van der Waals surface area contributed by atoms with Crippen LogP contribution in [-0.4, -0.2) is 66.9 Å². The molecule has 0 unspecified atom stereocenters. The number of morpholine rings is 1. The molecule has 8 heteroatoms. The highest BCUT2D eigenvalue weighted by atomic mass is 19.1. The lowest BCUT2D eigenvalue weighted by molar-refractivity contribution is -0.142. The quantitative estimate of drug-likeness (QED) is 0.743. The summed E-state index contributed by atoms with van der Waals surface area (Å²) >= 11 is 0. The van der Waals surface area contributed by atoms with Crippen LogP contribution >= 0.6 is 0 Å². The third-order valence-corrected chi connectivity index (χ3v) is 4.69. The number of benzene rings is 1. The van der Waals surface area contributed by atoms with E-state index in [1.807, 2.05) is 0 Å². The molecule has 1 atom stereocenters. The molecule has 2 aliphatic rings. The van der Waals surface area contributed by atoms with Gasteiger partial charge in [0.1, 0.15) is 12.4 Å². The number of nitrogens with zero attached hydrogens (tertiary/aromatic N) is 2. The first-order valence-electron chi connectivity index (χ1n) is 8.72. The maximum atomic E-state index is 13.2. The lowest BCUT2D eigenvalue weighted by Gasteiger charge is -2.35. The minimum atomic E-state index is -0.381. The second-order valence-electron chi connectivity index (χ2n) is 6.39. The third-order valence-electron chi connectivity index (χ3n) is 4.69. The number of rotatable bonds is 6. The fourth-order valence-corrected chi connectivity index (χ4v) is 3.24. The predicted octanol–water partition coefficient (Wildman–Crippen LogP) is 0.464. The lowest BCUT2D eigenvalue weighted by atomic mass is 10.0. The highest BCUT2D eigenvalue weighted by molar-refractivity contribution is 6.04. The second kappa shape index (κ2) is 8.37. The van der Waals surface area contributed by atoms with Crippen LogP contribution in [0.2, 0.25) is 0 Å². The molecule has 26 heavy (non-hydrogen) atoms. The van der Waals surface area contributed by atoms with Crippen molar-refractivity contribution in [2.75, 3.05) is 39.4 Å². The number of carbonyl (C=O) groups excluding carboxylic acids is 3. The zero-order valence-corrected chi connectivity index (χ0v) is 14.4. The molecular formula is C18H22FN3O4. The first kappa shape index (κ1) is 18.5. The first-order valence-corrected chi connectivity index (χ1v) is 8.72. The maximum Gasteiger partial charge on any atom is 0.240 e. The summed E-state index contributed by atoms with van der Waals surface area (Å²) in [5, 5.41) is 2.80. The zero-order chi connectivity index (χ0) is 18.5. The van der Waals surface area contributed by atoms with E-state index in [0.29, 0.717) is 32.8 Å². The van der Waals surface area contributed by atoms with Crippen LogP contribution in [0.4, 0.5) is 4.39 Å². The number of carbonyl (C=O) groups is 3. The van der Waals surface area contributed by atoms with Crippen LogP contribution in [0.15, 0.2) is 24.3 Å². The molecule has 140 valence electrons. The van der Waals surface area contributed by atoms with Crippen molar-refractivity contribution in [2.24, 2.45) is 0 Å². The van der Waals surface area contributed by atoms with Gasteiger partial charge in [-0.25, -0.2) is 4.39 Å². The summed E-state index contributed by atoms with van der Waals surface area (Å²) in [7, 11) is 0. The number of imide groups is 1. The van der Waals surface area contributed by atoms with Gasteiger partial charge in [0, 0.05) is 32.5 Å². The second-order valence-corrected chi connectivity index (χ2v) is 6.39. The summed E-state index contributed by atoms with van der Waals surface area (Å²) in [4.78, 5) is 38.6. The van der Waals surface area contributed by atoms with Crippen LogP contribution in [0.5, 0.6) is 0 Å². The maximum absolute atomic E-state index is 13.2. The highest BCUT2D eigenvalue weighted by Gasteiger charge is 2.31. The van der Waals surface area contributed by atoms with Crippen LogP contribution in [-0.2, 0) is 19.1 Å². The topological polar surface area (TPSA) is 79.0 Å². The molecule has 1 aromatic carbocycles. The van der Waals surface area contributed by atoms with Crippen molar-refractivity contribution in [3.05, 3.63) is 35.6 Å². The Bertz CT molecular complexity index is 658. The molecule has 2 heterocycles. The Morgan fingerprint density at radius 3 is 2.35 bits per heavy atom. The van der Waals surface area contributed by atoms with E-state index in [-0.39, 0.29) is 49.0 Å². The van der Waals surface area contributed by atoms with Crippen molar-refractivity contribution in [3.8, 4) is 0 Å². The zero-order valence-electron chi connectivity index (χ0n) is 14.4. The summed E-state index contributed by atoms with van der Waals surface area (Å²) in [6.07, 6.45) is 0.330. The third kappa shape index (κ3) is 4.44. The van der Waals surface area contributed by atoms with E-state index < -0.39 is 0 Å². The lowest BCUT2D eigenvalue weighted by Crippen LogP contribution is -2.46. The van der Waals surface area contributed by atoms with Crippen molar-refractivity contribution < 1.29 is 23.5 Å². The van der Waals surface area contributed by atoms with Crippen LogP contribution in [0.3, 0.4) is 0 Å². The molecule has 0 spiro atoms. The number of amides is 3. The Labute approximate surface area is 151 Å². The average Bonchev–Trinajstić information content (AvgIpc) is 2.96. The Morgan fingerprint density at radius 1 is 1.12 bits per heavy atom. The molecule has 2 aliphatic heterocycles. The summed E-state index contributed by atoms with van der Waals surface area (Å²) < 4.78 is 18.6. The fourth-order valence-electron chi connectivity index (χ4n) is 3.24. The SMILES string of the molecule is O=C(CN1C(=O)CCC1=O)NC[C@H](c1ccc(F)cc1)N1CCOCC1. The van der Waals surface area contributed by atoms with E-state index in [2.05, 4.69) is 10.2 Å². The normalized spacial score (nSPS) is 19.7. The Hall–Kier alpha value is -2.32. The van der Waals surface area contributed by atoms with Gasteiger partial charge in [-0.1, -0.05) is 12.1 Å². The number of nitrogens with one attached hydrogen (secondary N) is 1. The van der Waals surface area contributed by atoms with Gasteiger partial charge in [0.2, 0.25) is 17.7 Å². The Kier molecular flexibility index (Phi) is 5.95. The summed E-state index contributed by atoms with van der Waals surface area (Å²) in [5.74, 6) is -1.32. The van der Waals surface area contributed by atoms with Crippen LogP contribution in [0.1, 0.15) is 24.4 Å². The molecule has 0 radical (unpaired) electrons. The van der Waals surface area contributed by atoms with Gasteiger partial charge in [0.25, 0.3) is 0 Å². The molecule has 0 aliphatic carbocycles. The smallest absolute Gasteiger partial charge is 0.240 e. The van der Waals surface area contributed by atoms with Crippen molar-refractivity contribution >= 4 is 17.7 Å². The number of ether oxygens (including phenoxy) is 1. The number of hydrogen-bond donors (Lipinski definition) is 1. The van der Waals surface area contributed by atoms with Crippen LogP contribution in [0.25, 0.3) is 0 Å². The highest BCUT2D eigenvalue weighted by Crippen LogP contribution is 2.21. The molecule has 0 saturated carbocycles. The predicted molar refractivity (Wildman–Crippen MR) is 90.5 cm³/mol. The van der Waals surface area contributed by atoms with E-state index >= 15 is 0 Å². The van der Waals surface area contributed by atoms with Gasteiger partial charge in [0.05, 0.1) is 19.3 Å². The minimum Gasteiger partial charge on any atom is -0.379 e. The summed E-state index contributed by atoms with van der Waals surface area (Å²) in [5.41, 5.74) is 0.891. The average molecular weight is 363 g/mol. The van der Waals surface area contributed by atoms with Gasteiger partial charge in [-0.3, -0.25) is 24.2 Å². The standard InChI is InChI=1S/C18H22FN3O4/c19-14-3-1-13(2-4-14)15(21-7-9-26-10-8-21)11-20-16(23)12-22-17(24)5-6-18(22)25/h1-4,15H,5-12H2,(H,20,23)/t15-/m1/s1. The van der Waals surface area contributed by atoms with Gasteiger partial charge in [0.15, 0.2) is 0 Å². The van der Waals surface area contributed by atoms with Gasteiger partial charge in [-0.05, 0) is 17.7 Å². The van der Waals surface area contributed by atoms with Crippen molar-refractivity contribution in [1.82, 2.24) is 15.1 Å². The number of hydrogen-bond acceptors (Lipinski definition) is 5. The monoisotopic (exact) mass is 363 g/mol. The van der Waals surface area contributed by atoms with E-state index in [1.54, 1.807) is 12.1 Å². The molecule has 3 amide bonds. The molecule has 2 saturated heterocycles. The van der Waals surface area contributed by atoms with Crippen LogP contribution < -0.4 is 5.32 Å². The molecule has 3 rings (SSSR count). The Balaban J connectivity index is 1.63. The number of halogens is 1. The molecule has 0 bridgehead atoms.